The molecular formula is C15H10Br2N2O. The Bertz CT molecular complexity index is 843. The van der Waals surface area contributed by atoms with E-state index in [9.17, 15) is 4.79 Å². The zero-order valence-electron chi connectivity index (χ0n) is 10.4. The first-order valence-electron chi connectivity index (χ1n) is 6.02. The summed E-state index contributed by atoms with van der Waals surface area (Å²) in [5.41, 5.74) is 1.73. The standard InChI is InChI=1S/C15H10Br2N2O/c16-11-3-1-2-10(6-11)8-19-9-18-14-5-4-12(17)7-13(14)15(19)20/h1-7,9H,8H2. The summed E-state index contributed by atoms with van der Waals surface area (Å²) in [5, 5.41) is 0.622. The maximum absolute atomic E-state index is 12.5. The zero-order valence-corrected chi connectivity index (χ0v) is 13.6. The van der Waals surface area contributed by atoms with E-state index in [0.29, 0.717) is 17.4 Å². The number of rotatable bonds is 2. The Hall–Kier alpha value is -1.46. The maximum atomic E-state index is 12.5. The number of nitrogens with zero attached hydrogens (tertiary/aromatic N) is 2. The van der Waals surface area contributed by atoms with Gasteiger partial charge in [-0.25, -0.2) is 4.98 Å². The molecule has 0 bridgehead atoms. The summed E-state index contributed by atoms with van der Waals surface area (Å²) in [6.45, 7) is 0.508. The van der Waals surface area contributed by atoms with Gasteiger partial charge in [0.25, 0.3) is 5.56 Å². The minimum absolute atomic E-state index is 0.0312. The van der Waals surface area contributed by atoms with Gasteiger partial charge >= 0.3 is 0 Å². The molecule has 0 saturated heterocycles. The van der Waals surface area contributed by atoms with Gasteiger partial charge in [0.05, 0.1) is 23.8 Å². The van der Waals surface area contributed by atoms with Crippen LogP contribution in [0.4, 0.5) is 0 Å². The highest BCUT2D eigenvalue weighted by molar-refractivity contribution is 9.10. The topological polar surface area (TPSA) is 34.9 Å². The van der Waals surface area contributed by atoms with Crippen LogP contribution in [0.15, 0.2) is 62.5 Å². The molecule has 0 unspecified atom stereocenters. The lowest BCUT2D eigenvalue weighted by molar-refractivity contribution is 0.748. The summed E-state index contributed by atoms with van der Waals surface area (Å²) in [6, 6.07) is 13.4. The number of hydrogen-bond acceptors (Lipinski definition) is 2. The van der Waals surface area contributed by atoms with E-state index in [0.717, 1.165) is 14.5 Å². The third kappa shape index (κ3) is 2.69. The first-order valence-corrected chi connectivity index (χ1v) is 7.61. The second kappa shape index (κ2) is 5.50. The van der Waals surface area contributed by atoms with Crippen molar-refractivity contribution < 1.29 is 0 Å². The van der Waals surface area contributed by atoms with Crippen molar-refractivity contribution in [3.8, 4) is 0 Å². The lowest BCUT2D eigenvalue weighted by atomic mass is 10.2. The molecule has 3 rings (SSSR count). The van der Waals surface area contributed by atoms with E-state index in [1.54, 1.807) is 10.9 Å². The van der Waals surface area contributed by atoms with Crippen LogP contribution >= 0.6 is 31.9 Å². The van der Waals surface area contributed by atoms with Crippen LogP contribution < -0.4 is 5.56 Å². The smallest absolute Gasteiger partial charge is 0.261 e. The van der Waals surface area contributed by atoms with Crippen LogP contribution in [0.25, 0.3) is 10.9 Å². The van der Waals surface area contributed by atoms with Crippen LogP contribution in [0.1, 0.15) is 5.56 Å². The monoisotopic (exact) mass is 392 g/mol. The second-order valence-electron chi connectivity index (χ2n) is 4.47. The minimum atomic E-state index is -0.0312. The Morgan fingerprint density at radius 2 is 1.85 bits per heavy atom. The third-order valence-electron chi connectivity index (χ3n) is 3.03. The molecule has 3 nitrogen and oxygen atoms in total. The highest BCUT2D eigenvalue weighted by Crippen LogP contribution is 2.16. The average molecular weight is 394 g/mol. The van der Waals surface area contributed by atoms with Gasteiger partial charge in [-0.3, -0.25) is 9.36 Å². The first-order chi connectivity index (χ1) is 9.63. The summed E-state index contributed by atoms with van der Waals surface area (Å²) < 4.78 is 3.50. The molecule has 5 heteroatoms. The van der Waals surface area contributed by atoms with Gasteiger partial charge in [0, 0.05) is 8.95 Å². The van der Waals surface area contributed by atoms with Crippen molar-refractivity contribution in [3.05, 3.63) is 73.7 Å². The molecule has 20 heavy (non-hydrogen) atoms. The van der Waals surface area contributed by atoms with Crippen LogP contribution in [-0.2, 0) is 6.54 Å². The lowest BCUT2D eigenvalue weighted by Crippen LogP contribution is -2.21. The molecule has 0 fully saturated rings. The molecule has 0 aliphatic carbocycles. The Morgan fingerprint density at radius 1 is 1.05 bits per heavy atom. The summed E-state index contributed by atoms with van der Waals surface area (Å²) in [7, 11) is 0. The predicted octanol–water partition coefficient (Wildman–Crippen LogP) is 3.97. The highest BCUT2D eigenvalue weighted by atomic mass is 79.9. The Balaban J connectivity index is 2.08. The first kappa shape index (κ1) is 13.5. The SMILES string of the molecule is O=c1c2cc(Br)ccc2ncn1Cc1cccc(Br)c1. The molecular weight excluding hydrogens is 384 g/mol. The molecule has 1 heterocycles. The van der Waals surface area contributed by atoms with E-state index in [1.807, 2.05) is 42.5 Å². The quantitative estimate of drug-likeness (QED) is 0.660. The number of benzene rings is 2. The fraction of sp³-hybridized carbons (Fsp3) is 0.0667. The molecule has 0 saturated carbocycles. The van der Waals surface area contributed by atoms with E-state index in [-0.39, 0.29) is 5.56 Å². The van der Waals surface area contributed by atoms with E-state index in [2.05, 4.69) is 36.8 Å². The van der Waals surface area contributed by atoms with Crippen LogP contribution in [-0.4, -0.2) is 9.55 Å². The summed E-state index contributed by atoms with van der Waals surface area (Å²) in [5.74, 6) is 0. The molecule has 0 N–H and O–H groups in total. The van der Waals surface area contributed by atoms with Crippen molar-refractivity contribution in [1.29, 1.82) is 0 Å². The third-order valence-corrected chi connectivity index (χ3v) is 4.01. The Morgan fingerprint density at radius 3 is 2.65 bits per heavy atom. The van der Waals surface area contributed by atoms with Gasteiger partial charge in [0.1, 0.15) is 0 Å². The Labute approximate surface area is 132 Å². The van der Waals surface area contributed by atoms with E-state index < -0.39 is 0 Å². The van der Waals surface area contributed by atoms with Crippen LogP contribution in [0.3, 0.4) is 0 Å². The van der Waals surface area contributed by atoms with Gasteiger partial charge in [-0.2, -0.15) is 0 Å². The minimum Gasteiger partial charge on any atom is -0.294 e. The summed E-state index contributed by atoms with van der Waals surface area (Å²) >= 11 is 6.82. The molecule has 0 aliphatic heterocycles. The molecule has 0 atom stereocenters. The van der Waals surface area contributed by atoms with Crippen molar-refractivity contribution in [2.24, 2.45) is 0 Å². The molecule has 0 spiro atoms. The Kier molecular flexibility index (Phi) is 3.72. The van der Waals surface area contributed by atoms with Gasteiger partial charge in [-0.1, -0.05) is 44.0 Å². The number of fused-ring (bicyclic) bond motifs is 1. The fourth-order valence-corrected chi connectivity index (χ4v) is 2.88. The van der Waals surface area contributed by atoms with Gasteiger partial charge in [0.15, 0.2) is 0 Å². The molecule has 1 aromatic heterocycles. The number of hydrogen-bond donors (Lipinski definition) is 0. The van der Waals surface area contributed by atoms with Gasteiger partial charge < -0.3 is 0 Å². The van der Waals surface area contributed by atoms with Gasteiger partial charge in [-0.15, -0.1) is 0 Å². The average Bonchev–Trinajstić information content (AvgIpc) is 2.43. The molecule has 100 valence electrons. The summed E-state index contributed by atoms with van der Waals surface area (Å²) in [4.78, 5) is 16.8. The molecule has 2 aromatic carbocycles. The van der Waals surface area contributed by atoms with Crippen molar-refractivity contribution in [2.45, 2.75) is 6.54 Å². The largest absolute Gasteiger partial charge is 0.294 e. The van der Waals surface area contributed by atoms with Gasteiger partial charge in [0.2, 0.25) is 0 Å². The van der Waals surface area contributed by atoms with Crippen LogP contribution in [0.2, 0.25) is 0 Å². The molecule has 0 aliphatic rings. The van der Waals surface area contributed by atoms with Crippen LogP contribution in [0.5, 0.6) is 0 Å². The van der Waals surface area contributed by atoms with Gasteiger partial charge in [-0.05, 0) is 35.9 Å². The van der Waals surface area contributed by atoms with Crippen molar-refractivity contribution in [2.75, 3.05) is 0 Å². The van der Waals surface area contributed by atoms with E-state index in [4.69, 9.17) is 0 Å². The number of halogens is 2. The fourth-order valence-electron chi connectivity index (χ4n) is 2.08. The highest BCUT2D eigenvalue weighted by Gasteiger charge is 2.05. The predicted molar refractivity (Wildman–Crippen MR) is 86.9 cm³/mol. The van der Waals surface area contributed by atoms with Crippen molar-refractivity contribution >= 4 is 42.8 Å². The van der Waals surface area contributed by atoms with E-state index >= 15 is 0 Å². The van der Waals surface area contributed by atoms with Crippen molar-refractivity contribution in [3.63, 3.8) is 0 Å². The van der Waals surface area contributed by atoms with E-state index in [1.165, 1.54) is 0 Å². The second-order valence-corrected chi connectivity index (χ2v) is 6.30. The summed E-state index contributed by atoms with van der Waals surface area (Å²) in [6.07, 6.45) is 1.60. The molecule has 0 amide bonds. The van der Waals surface area contributed by atoms with Crippen LogP contribution in [0, 0.1) is 0 Å². The molecule has 0 radical (unpaired) electrons. The number of aromatic nitrogens is 2. The maximum Gasteiger partial charge on any atom is 0.261 e. The zero-order chi connectivity index (χ0) is 14.1. The molecule has 3 aromatic rings. The normalized spacial score (nSPS) is 10.9. The van der Waals surface area contributed by atoms with Crippen molar-refractivity contribution in [1.82, 2.24) is 9.55 Å². The lowest BCUT2D eigenvalue weighted by Gasteiger charge is -2.07.